The van der Waals surface area contributed by atoms with Gasteiger partial charge in [-0.3, -0.25) is 0 Å². The Labute approximate surface area is 134 Å². The average molecular weight is 300 g/mol. The lowest BCUT2D eigenvalue weighted by Gasteiger charge is -2.42. The van der Waals surface area contributed by atoms with E-state index in [0.717, 1.165) is 12.8 Å². The first-order valence-corrected chi connectivity index (χ1v) is 8.44. The summed E-state index contributed by atoms with van der Waals surface area (Å²) >= 11 is 0. The average Bonchev–Trinajstić information content (AvgIpc) is 2.74. The first-order chi connectivity index (χ1) is 10.3. The molecule has 2 heteroatoms. The van der Waals surface area contributed by atoms with Crippen LogP contribution >= 0.6 is 0 Å². The standard InChI is InChI=1S/C20H28O2/c1-19(2,3)22-18-10-7-16-13-15(11-12-20(16,18)4)14-5-8-17(21)9-6-14/h5-6,8-9,11,16,18,21H,7,10,12-13H2,1-4H3/t16-,18-,20-/m0/s1. The lowest BCUT2D eigenvalue weighted by Crippen LogP contribution is -2.40. The van der Waals surface area contributed by atoms with Crippen LogP contribution in [0.4, 0.5) is 0 Å². The molecular weight excluding hydrogens is 272 g/mol. The third-order valence-electron chi connectivity index (χ3n) is 5.43. The molecule has 120 valence electrons. The molecule has 2 aliphatic rings. The zero-order valence-electron chi connectivity index (χ0n) is 14.2. The van der Waals surface area contributed by atoms with E-state index in [4.69, 9.17) is 4.74 Å². The highest BCUT2D eigenvalue weighted by Crippen LogP contribution is 2.54. The third-order valence-corrected chi connectivity index (χ3v) is 5.43. The van der Waals surface area contributed by atoms with Crippen molar-refractivity contribution in [2.45, 2.75) is 65.1 Å². The number of hydrogen-bond acceptors (Lipinski definition) is 2. The first-order valence-electron chi connectivity index (χ1n) is 8.44. The van der Waals surface area contributed by atoms with Gasteiger partial charge in [-0.25, -0.2) is 0 Å². The Balaban J connectivity index is 1.79. The van der Waals surface area contributed by atoms with E-state index in [1.54, 1.807) is 12.1 Å². The minimum Gasteiger partial charge on any atom is -0.508 e. The van der Waals surface area contributed by atoms with E-state index in [1.165, 1.54) is 24.0 Å². The number of phenols is 1. The van der Waals surface area contributed by atoms with Crippen LogP contribution in [0, 0.1) is 11.3 Å². The molecule has 0 radical (unpaired) electrons. The molecule has 2 aliphatic carbocycles. The molecule has 0 aliphatic heterocycles. The smallest absolute Gasteiger partial charge is 0.115 e. The number of fused-ring (bicyclic) bond motifs is 1. The summed E-state index contributed by atoms with van der Waals surface area (Å²) in [5.41, 5.74) is 2.89. The molecule has 3 rings (SSSR count). The van der Waals surface area contributed by atoms with Crippen molar-refractivity contribution >= 4 is 5.57 Å². The molecule has 1 saturated carbocycles. The predicted molar refractivity (Wildman–Crippen MR) is 90.8 cm³/mol. The van der Waals surface area contributed by atoms with Crippen molar-refractivity contribution < 1.29 is 9.84 Å². The molecule has 1 aromatic rings. The van der Waals surface area contributed by atoms with Crippen LogP contribution in [0.2, 0.25) is 0 Å². The van der Waals surface area contributed by atoms with E-state index in [0.29, 0.717) is 17.8 Å². The highest BCUT2D eigenvalue weighted by atomic mass is 16.5. The predicted octanol–water partition coefficient (Wildman–Crippen LogP) is 5.17. The summed E-state index contributed by atoms with van der Waals surface area (Å²) in [6, 6.07) is 7.62. The van der Waals surface area contributed by atoms with Crippen LogP contribution in [0.15, 0.2) is 30.3 Å². The highest BCUT2D eigenvalue weighted by Gasteiger charge is 2.49. The second kappa shape index (κ2) is 5.42. The zero-order chi connectivity index (χ0) is 16.0. The number of rotatable bonds is 2. The van der Waals surface area contributed by atoms with E-state index in [2.05, 4.69) is 33.8 Å². The number of benzene rings is 1. The van der Waals surface area contributed by atoms with Gasteiger partial charge in [-0.15, -0.1) is 0 Å². The quantitative estimate of drug-likeness (QED) is 0.816. The molecule has 0 saturated heterocycles. The van der Waals surface area contributed by atoms with Crippen LogP contribution < -0.4 is 0 Å². The monoisotopic (exact) mass is 300 g/mol. The minimum absolute atomic E-state index is 0.0660. The Kier molecular flexibility index (Phi) is 3.84. The lowest BCUT2D eigenvalue weighted by atomic mass is 9.68. The van der Waals surface area contributed by atoms with Gasteiger partial charge in [-0.1, -0.05) is 25.1 Å². The number of ether oxygens (including phenoxy) is 1. The van der Waals surface area contributed by atoms with Gasteiger partial charge in [0.25, 0.3) is 0 Å². The molecule has 1 aromatic carbocycles. The van der Waals surface area contributed by atoms with Crippen LogP contribution in [0.5, 0.6) is 5.75 Å². The van der Waals surface area contributed by atoms with E-state index >= 15 is 0 Å². The van der Waals surface area contributed by atoms with Gasteiger partial charge in [-0.2, -0.15) is 0 Å². The fraction of sp³-hybridized carbons (Fsp3) is 0.600. The molecule has 0 heterocycles. The molecule has 1 fully saturated rings. The number of hydrogen-bond donors (Lipinski definition) is 1. The maximum atomic E-state index is 9.45. The van der Waals surface area contributed by atoms with Gasteiger partial charge in [0, 0.05) is 5.41 Å². The molecule has 0 spiro atoms. The fourth-order valence-electron chi connectivity index (χ4n) is 4.13. The Bertz CT molecular complexity index is 564. The number of aromatic hydroxyl groups is 1. The third kappa shape index (κ3) is 2.94. The summed E-state index contributed by atoms with van der Waals surface area (Å²) < 4.78 is 6.37. The number of allylic oxidation sites excluding steroid dienone is 2. The molecule has 2 nitrogen and oxygen atoms in total. The van der Waals surface area contributed by atoms with Crippen molar-refractivity contribution in [3.05, 3.63) is 35.9 Å². The molecule has 22 heavy (non-hydrogen) atoms. The van der Waals surface area contributed by atoms with Crippen LogP contribution in [0.25, 0.3) is 5.57 Å². The van der Waals surface area contributed by atoms with Gasteiger partial charge in [0.1, 0.15) is 5.75 Å². The molecule has 0 aromatic heterocycles. The van der Waals surface area contributed by atoms with Gasteiger partial charge in [0.2, 0.25) is 0 Å². The van der Waals surface area contributed by atoms with E-state index < -0.39 is 0 Å². The highest BCUT2D eigenvalue weighted by molar-refractivity contribution is 5.67. The van der Waals surface area contributed by atoms with Gasteiger partial charge < -0.3 is 9.84 Å². The van der Waals surface area contributed by atoms with Gasteiger partial charge in [0.15, 0.2) is 0 Å². The van der Waals surface area contributed by atoms with Crippen LogP contribution in [0.1, 0.15) is 58.9 Å². The molecular formula is C20H28O2. The normalized spacial score (nSPS) is 31.7. The SMILES string of the molecule is CC(C)(C)O[C@H]1CC[C@H]2CC(c3ccc(O)cc3)=CC[C@@]21C. The number of phenolic OH excluding ortho intramolecular Hbond substituents is 1. The Morgan fingerprint density at radius 1 is 1.14 bits per heavy atom. The van der Waals surface area contributed by atoms with Crippen molar-refractivity contribution in [2.24, 2.45) is 11.3 Å². The minimum atomic E-state index is -0.0660. The van der Waals surface area contributed by atoms with Crippen LogP contribution in [0.3, 0.4) is 0 Å². The van der Waals surface area contributed by atoms with Gasteiger partial charge >= 0.3 is 0 Å². The summed E-state index contributed by atoms with van der Waals surface area (Å²) in [4.78, 5) is 0. The zero-order valence-corrected chi connectivity index (χ0v) is 14.2. The van der Waals surface area contributed by atoms with Gasteiger partial charge in [0.05, 0.1) is 11.7 Å². The van der Waals surface area contributed by atoms with Crippen LogP contribution in [-0.4, -0.2) is 16.8 Å². The summed E-state index contributed by atoms with van der Waals surface area (Å²) in [5.74, 6) is 1.04. The van der Waals surface area contributed by atoms with E-state index in [1.807, 2.05) is 12.1 Å². The summed E-state index contributed by atoms with van der Waals surface area (Å²) in [5, 5.41) is 9.45. The molecule has 3 atom stereocenters. The second-order valence-electron chi connectivity index (χ2n) is 8.18. The Morgan fingerprint density at radius 2 is 1.82 bits per heavy atom. The van der Waals surface area contributed by atoms with Gasteiger partial charge in [-0.05, 0) is 75.6 Å². The summed E-state index contributed by atoms with van der Waals surface area (Å²) in [7, 11) is 0. The first kappa shape index (κ1) is 15.6. The maximum absolute atomic E-state index is 9.45. The fourth-order valence-corrected chi connectivity index (χ4v) is 4.13. The van der Waals surface area contributed by atoms with Crippen molar-refractivity contribution in [1.82, 2.24) is 0 Å². The molecule has 0 bridgehead atoms. The van der Waals surface area contributed by atoms with E-state index in [9.17, 15) is 5.11 Å². The van der Waals surface area contributed by atoms with Crippen molar-refractivity contribution in [3.63, 3.8) is 0 Å². The molecule has 1 N–H and O–H groups in total. The maximum Gasteiger partial charge on any atom is 0.115 e. The topological polar surface area (TPSA) is 29.5 Å². The molecule has 0 amide bonds. The van der Waals surface area contributed by atoms with Crippen LogP contribution in [-0.2, 0) is 4.74 Å². The molecule has 0 unspecified atom stereocenters. The van der Waals surface area contributed by atoms with Crippen molar-refractivity contribution in [3.8, 4) is 5.75 Å². The van der Waals surface area contributed by atoms with E-state index in [-0.39, 0.29) is 11.0 Å². The van der Waals surface area contributed by atoms with Crippen molar-refractivity contribution in [2.75, 3.05) is 0 Å². The summed E-state index contributed by atoms with van der Waals surface area (Å²) in [6.45, 7) is 8.88. The Hall–Kier alpha value is -1.28. The largest absolute Gasteiger partial charge is 0.508 e. The second-order valence-corrected chi connectivity index (χ2v) is 8.18. The Morgan fingerprint density at radius 3 is 2.45 bits per heavy atom. The summed E-state index contributed by atoms with van der Waals surface area (Å²) in [6.07, 6.45) is 7.42. The van der Waals surface area contributed by atoms with Crippen molar-refractivity contribution in [1.29, 1.82) is 0 Å². The lowest BCUT2D eigenvalue weighted by molar-refractivity contribution is -0.108.